The Morgan fingerprint density at radius 1 is 1.50 bits per heavy atom. The van der Waals surface area contributed by atoms with Gasteiger partial charge in [0.05, 0.1) is 6.10 Å². The van der Waals surface area contributed by atoms with E-state index in [0.717, 1.165) is 0 Å². The number of aliphatic hydroxyl groups is 1. The molecule has 0 heterocycles. The molecule has 0 bridgehead atoms. The SMILES string of the molecule is O[C@@H]1CCC(F)(F)C1. The molecule has 1 saturated carbocycles. The van der Waals surface area contributed by atoms with E-state index in [9.17, 15) is 8.78 Å². The largest absolute Gasteiger partial charge is 0.393 e. The van der Waals surface area contributed by atoms with Crippen molar-refractivity contribution >= 4 is 0 Å². The lowest BCUT2D eigenvalue weighted by molar-refractivity contribution is -0.00345. The number of hydrogen-bond acceptors (Lipinski definition) is 1. The minimum absolute atomic E-state index is 0.145. The van der Waals surface area contributed by atoms with Crippen molar-refractivity contribution in [1.82, 2.24) is 0 Å². The highest BCUT2D eigenvalue weighted by molar-refractivity contribution is 4.80. The smallest absolute Gasteiger partial charge is 0.250 e. The van der Waals surface area contributed by atoms with Crippen LogP contribution in [0.4, 0.5) is 8.78 Å². The third-order valence-corrected chi connectivity index (χ3v) is 1.38. The first-order chi connectivity index (χ1) is 3.60. The number of halogens is 2. The number of aliphatic hydroxyl groups excluding tert-OH is 1. The van der Waals surface area contributed by atoms with Crippen molar-refractivity contribution in [3.05, 3.63) is 0 Å². The maximum Gasteiger partial charge on any atom is 0.250 e. The van der Waals surface area contributed by atoms with E-state index in [1.165, 1.54) is 0 Å². The Morgan fingerprint density at radius 3 is 2.25 bits per heavy atom. The maximum atomic E-state index is 12.0. The van der Waals surface area contributed by atoms with Gasteiger partial charge < -0.3 is 5.11 Å². The molecule has 1 nitrogen and oxygen atoms in total. The molecule has 0 amide bonds. The van der Waals surface area contributed by atoms with Gasteiger partial charge in [-0.3, -0.25) is 0 Å². The van der Waals surface area contributed by atoms with Gasteiger partial charge in [-0.2, -0.15) is 0 Å². The summed E-state index contributed by atoms with van der Waals surface area (Å²) in [6.07, 6.45) is -0.987. The molecule has 0 aromatic carbocycles. The molecule has 0 aromatic heterocycles. The predicted octanol–water partition coefficient (Wildman–Crippen LogP) is 1.17. The molecule has 1 aliphatic rings. The Labute approximate surface area is 46.3 Å². The van der Waals surface area contributed by atoms with Crippen molar-refractivity contribution in [2.75, 3.05) is 0 Å². The van der Waals surface area contributed by atoms with Crippen LogP contribution in [0.5, 0.6) is 0 Å². The molecule has 1 N–H and O–H groups in total. The van der Waals surface area contributed by atoms with Crippen LogP contribution in [0.25, 0.3) is 0 Å². The highest BCUT2D eigenvalue weighted by Crippen LogP contribution is 2.34. The molecule has 8 heavy (non-hydrogen) atoms. The first-order valence-corrected chi connectivity index (χ1v) is 2.66. The zero-order valence-electron chi connectivity index (χ0n) is 4.40. The Hall–Kier alpha value is -0.180. The molecular weight excluding hydrogens is 114 g/mol. The number of hydrogen-bond donors (Lipinski definition) is 1. The van der Waals surface area contributed by atoms with Gasteiger partial charge in [-0.1, -0.05) is 0 Å². The summed E-state index contributed by atoms with van der Waals surface area (Å²) in [6.45, 7) is 0. The van der Waals surface area contributed by atoms with Gasteiger partial charge >= 0.3 is 0 Å². The predicted molar refractivity (Wildman–Crippen MR) is 24.8 cm³/mol. The molecule has 1 aliphatic carbocycles. The molecule has 0 unspecified atom stereocenters. The molecule has 0 aliphatic heterocycles. The van der Waals surface area contributed by atoms with E-state index in [1.54, 1.807) is 0 Å². The van der Waals surface area contributed by atoms with Gasteiger partial charge in [-0.15, -0.1) is 0 Å². The van der Waals surface area contributed by atoms with Gasteiger partial charge in [0, 0.05) is 12.8 Å². The Bertz CT molecular complexity index is 92.4. The topological polar surface area (TPSA) is 20.2 Å². The summed E-state index contributed by atoms with van der Waals surface area (Å²) in [5.74, 6) is -2.58. The van der Waals surface area contributed by atoms with Crippen molar-refractivity contribution in [3.63, 3.8) is 0 Å². The highest BCUT2D eigenvalue weighted by atomic mass is 19.3. The van der Waals surface area contributed by atoms with Crippen LogP contribution >= 0.6 is 0 Å². The van der Waals surface area contributed by atoms with Crippen LogP contribution in [0, 0.1) is 0 Å². The fourth-order valence-corrected chi connectivity index (χ4v) is 0.927. The molecule has 0 saturated heterocycles. The van der Waals surface area contributed by atoms with Crippen molar-refractivity contribution in [3.8, 4) is 0 Å². The molecular formula is C5H8F2O. The Balaban J connectivity index is 2.44. The van der Waals surface area contributed by atoms with Crippen molar-refractivity contribution in [2.45, 2.75) is 31.3 Å². The van der Waals surface area contributed by atoms with Crippen LogP contribution in [0.3, 0.4) is 0 Å². The van der Waals surface area contributed by atoms with E-state index in [0.29, 0.717) is 0 Å². The standard InChI is InChI=1S/C5H8F2O/c6-5(7)2-1-4(8)3-5/h4,8H,1-3H2/t4-/m1/s1. The second-order valence-electron chi connectivity index (χ2n) is 2.25. The number of alkyl halides is 2. The second-order valence-corrected chi connectivity index (χ2v) is 2.25. The summed E-state index contributed by atoms with van der Waals surface area (Å²) in [6, 6.07) is 0. The van der Waals surface area contributed by atoms with Gasteiger partial charge in [0.25, 0.3) is 5.92 Å². The lowest BCUT2D eigenvalue weighted by Crippen LogP contribution is -2.10. The average molecular weight is 122 g/mol. The monoisotopic (exact) mass is 122 g/mol. The van der Waals surface area contributed by atoms with E-state index < -0.39 is 12.0 Å². The van der Waals surface area contributed by atoms with E-state index in [4.69, 9.17) is 5.11 Å². The summed E-state index contributed by atoms with van der Waals surface area (Å²) in [5, 5.41) is 8.58. The van der Waals surface area contributed by atoms with Crippen LogP contribution in [0.1, 0.15) is 19.3 Å². The third kappa shape index (κ3) is 1.15. The molecule has 1 rings (SSSR count). The lowest BCUT2D eigenvalue weighted by Gasteiger charge is -2.04. The molecule has 0 spiro atoms. The molecule has 0 aromatic rings. The average Bonchev–Trinajstić information content (AvgIpc) is 1.82. The quantitative estimate of drug-likeness (QED) is 0.511. The zero-order valence-corrected chi connectivity index (χ0v) is 4.40. The van der Waals surface area contributed by atoms with Crippen LogP contribution in [0.2, 0.25) is 0 Å². The van der Waals surface area contributed by atoms with E-state index >= 15 is 0 Å². The minimum Gasteiger partial charge on any atom is -0.393 e. The van der Waals surface area contributed by atoms with Gasteiger partial charge in [0.2, 0.25) is 0 Å². The van der Waals surface area contributed by atoms with Gasteiger partial charge in [-0.25, -0.2) is 8.78 Å². The Kier molecular flexibility index (Phi) is 1.23. The summed E-state index contributed by atoms with van der Waals surface area (Å²) >= 11 is 0. The number of rotatable bonds is 0. The molecule has 0 radical (unpaired) electrons. The Morgan fingerprint density at radius 2 is 2.12 bits per heavy atom. The molecule has 1 atom stereocenters. The first-order valence-electron chi connectivity index (χ1n) is 2.66. The lowest BCUT2D eigenvalue weighted by atomic mass is 10.3. The molecule has 1 fully saturated rings. The maximum absolute atomic E-state index is 12.0. The van der Waals surface area contributed by atoms with E-state index in [-0.39, 0.29) is 19.3 Å². The fourth-order valence-electron chi connectivity index (χ4n) is 0.927. The van der Waals surface area contributed by atoms with Crippen molar-refractivity contribution in [2.24, 2.45) is 0 Å². The van der Waals surface area contributed by atoms with Gasteiger partial charge in [0.1, 0.15) is 0 Å². The summed E-state index contributed by atoms with van der Waals surface area (Å²) < 4.78 is 24.1. The molecule has 3 heteroatoms. The second kappa shape index (κ2) is 1.65. The van der Waals surface area contributed by atoms with Crippen LogP contribution in [0.15, 0.2) is 0 Å². The fraction of sp³-hybridized carbons (Fsp3) is 1.00. The van der Waals surface area contributed by atoms with Crippen LogP contribution < -0.4 is 0 Å². The molecule has 48 valence electrons. The zero-order chi connectivity index (χ0) is 6.20. The summed E-state index contributed by atoms with van der Waals surface area (Å²) in [7, 11) is 0. The van der Waals surface area contributed by atoms with Gasteiger partial charge in [0.15, 0.2) is 0 Å². The van der Waals surface area contributed by atoms with Crippen molar-refractivity contribution < 1.29 is 13.9 Å². The van der Waals surface area contributed by atoms with Gasteiger partial charge in [-0.05, 0) is 6.42 Å². The summed E-state index contributed by atoms with van der Waals surface area (Å²) in [4.78, 5) is 0. The minimum atomic E-state index is -2.58. The van der Waals surface area contributed by atoms with E-state index in [1.807, 2.05) is 0 Å². The first kappa shape index (κ1) is 5.95. The van der Waals surface area contributed by atoms with E-state index in [2.05, 4.69) is 0 Å². The third-order valence-electron chi connectivity index (χ3n) is 1.38. The highest BCUT2D eigenvalue weighted by Gasteiger charge is 2.38. The summed E-state index contributed by atoms with van der Waals surface area (Å²) in [5.41, 5.74) is 0. The normalized spacial score (nSPS) is 35.6. The van der Waals surface area contributed by atoms with Crippen molar-refractivity contribution in [1.29, 1.82) is 0 Å². The van der Waals surface area contributed by atoms with Crippen LogP contribution in [-0.2, 0) is 0 Å². The van der Waals surface area contributed by atoms with Crippen LogP contribution in [-0.4, -0.2) is 17.1 Å².